The van der Waals surface area contributed by atoms with E-state index < -0.39 is 0 Å². The monoisotopic (exact) mass is 263 g/mol. The van der Waals surface area contributed by atoms with Gasteiger partial charge in [-0.25, -0.2) is 14.4 Å². The number of benzene rings is 1. The van der Waals surface area contributed by atoms with E-state index in [0.29, 0.717) is 11.3 Å². The van der Waals surface area contributed by atoms with Gasteiger partial charge in [-0.3, -0.25) is 0 Å². The van der Waals surface area contributed by atoms with Gasteiger partial charge in [-0.05, 0) is 31.4 Å². The summed E-state index contributed by atoms with van der Waals surface area (Å²) < 4.78 is 18.6. The van der Waals surface area contributed by atoms with Crippen molar-refractivity contribution in [3.05, 3.63) is 30.3 Å². The molecular formula is C14H18FN3O. The number of methoxy groups -OCH3 is 1. The summed E-state index contributed by atoms with van der Waals surface area (Å²) in [6.07, 6.45) is 4.57. The lowest BCUT2D eigenvalue weighted by atomic mass is 10.2. The number of aromatic nitrogens is 2. The third-order valence-corrected chi connectivity index (χ3v) is 2.93. The molecule has 0 aliphatic rings. The third-order valence-electron chi connectivity index (χ3n) is 2.93. The topological polar surface area (TPSA) is 47.0 Å². The number of fused-ring (bicyclic) bond motifs is 1. The van der Waals surface area contributed by atoms with Gasteiger partial charge in [0.1, 0.15) is 23.5 Å². The maximum atomic E-state index is 13.6. The Bertz CT molecular complexity index is 533. The largest absolute Gasteiger partial charge is 0.385 e. The number of anilines is 1. The molecular weight excluding hydrogens is 245 g/mol. The summed E-state index contributed by atoms with van der Waals surface area (Å²) in [7, 11) is 1.71. The number of unbranched alkanes of at least 4 members (excludes halogenated alkanes) is 2. The van der Waals surface area contributed by atoms with Gasteiger partial charge >= 0.3 is 0 Å². The summed E-state index contributed by atoms with van der Waals surface area (Å²) >= 11 is 0. The summed E-state index contributed by atoms with van der Waals surface area (Å²) in [5.41, 5.74) is 0.361. The van der Waals surface area contributed by atoms with Crippen LogP contribution in [0.3, 0.4) is 0 Å². The van der Waals surface area contributed by atoms with Crippen molar-refractivity contribution in [3.8, 4) is 0 Å². The Hall–Kier alpha value is -1.75. The SMILES string of the molecule is COCCCCCNc1ncnc2c(F)cccc12. The molecule has 1 aromatic heterocycles. The van der Waals surface area contributed by atoms with Crippen LogP contribution in [0.1, 0.15) is 19.3 Å². The maximum Gasteiger partial charge on any atom is 0.149 e. The van der Waals surface area contributed by atoms with Crippen LogP contribution in [0, 0.1) is 5.82 Å². The Morgan fingerprint density at radius 2 is 2.11 bits per heavy atom. The number of nitrogens with one attached hydrogen (secondary N) is 1. The van der Waals surface area contributed by atoms with Gasteiger partial charge in [0.2, 0.25) is 0 Å². The van der Waals surface area contributed by atoms with Crippen LogP contribution in [0.4, 0.5) is 10.2 Å². The first-order valence-electron chi connectivity index (χ1n) is 6.45. The van der Waals surface area contributed by atoms with E-state index in [4.69, 9.17) is 4.74 Å². The molecule has 2 rings (SSSR count). The molecule has 0 aliphatic carbocycles. The highest BCUT2D eigenvalue weighted by atomic mass is 19.1. The zero-order valence-electron chi connectivity index (χ0n) is 11.0. The van der Waals surface area contributed by atoms with Gasteiger partial charge in [-0.15, -0.1) is 0 Å². The fourth-order valence-electron chi connectivity index (χ4n) is 1.95. The molecule has 0 saturated heterocycles. The van der Waals surface area contributed by atoms with Crippen LogP contribution < -0.4 is 5.32 Å². The Morgan fingerprint density at radius 1 is 1.21 bits per heavy atom. The predicted octanol–water partition coefficient (Wildman–Crippen LogP) is 3.00. The minimum atomic E-state index is -0.317. The Morgan fingerprint density at radius 3 is 2.95 bits per heavy atom. The van der Waals surface area contributed by atoms with Crippen LogP contribution in [-0.2, 0) is 4.74 Å². The second kappa shape index (κ2) is 6.99. The van der Waals surface area contributed by atoms with Crippen molar-refractivity contribution in [1.82, 2.24) is 9.97 Å². The van der Waals surface area contributed by atoms with E-state index in [1.54, 1.807) is 13.2 Å². The van der Waals surface area contributed by atoms with Gasteiger partial charge < -0.3 is 10.1 Å². The molecule has 0 fully saturated rings. The van der Waals surface area contributed by atoms with E-state index in [9.17, 15) is 4.39 Å². The fraction of sp³-hybridized carbons (Fsp3) is 0.429. The van der Waals surface area contributed by atoms with E-state index in [0.717, 1.165) is 37.8 Å². The van der Waals surface area contributed by atoms with Gasteiger partial charge in [-0.1, -0.05) is 6.07 Å². The van der Waals surface area contributed by atoms with E-state index in [1.165, 1.54) is 12.4 Å². The van der Waals surface area contributed by atoms with Crippen LogP contribution in [0.15, 0.2) is 24.5 Å². The molecule has 0 aliphatic heterocycles. The van der Waals surface area contributed by atoms with Crippen LogP contribution >= 0.6 is 0 Å². The number of halogens is 1. The average molecular weight is 263 g/mol. The first kappa shape index (κ1) is 13.7. The van der Waals surface area contributed by atoms with Crippen molar-refractivity contribution in [2.45, 2.75) is 19.3 Å². The summed E-state index contributed by atoms with van der Waals surface area (Å²) in [6, 6.07) is 4.90. The summed E-state index contributed by atoms with van der Waals surface area (Å²) in [5.74, 6) is 0.374. The van der Waals surface area contributed by atoms with Crippen LogP contribution in [0.2, 0.25) is 0 Å². The molecule has 1 aromatic carbocycles. The standard InChI is InChI=1S/C14H18FN3O/c1-19-9-4-2-3-8-16-14-11-6-5-7-12(15)13(11)17-10-18-14/h5-7,10H,2-4,8-9H2,1H3,(H,16,17,18). The number of hydrogen-bond donors (Lipinski definition) is 1. The molecule has 0 saturated carbocycles. The molecule has 2 aromatic rings. The van der Waals surface area contributed by atoms with Gasteiger partial charge in [0, 0.05) is 25.6 Å². The summed E-state index contributed by atoms with van der Waals surface area (Å²) in [6.45, 7) is 1.61. The molecule has 19 heavy (non-hydrogen) atoms. The normalized spacial score (nSPS) is 10.8. The maximum absolute atomic E-state index is 13.6. The molecule has 102 valence electrons. The van der Waals surface area contributed by atoms with Crippen molar-refractivity contribution in [2.75, 3.05) is 25.6 Å². The minimum Gasteiger partial charge on any atom is -0.385 e. The Kier molecular flexibility index (Phi) is 5.03. The Labute approximate surface area is 112 Å². The van der Waals surface area contributed by atoms with Gasteiger partial charge in [0.25, 0.3) is 0 Å². The third kappa shape index (κ3) is 3.61. The second-order valence-corrected chi connectivity index (χ2v) is 4.34. The molecule has 5 heteroatoms. The zero-order chi connectivity index (χ0) is 13.5. The lowest BCUT2D eigenvalue weighted by molar-refractivity contribution is 0.192. The molecule has 0 bridgehead atoms. The lowest BCUT2D eigenvalue weighted by Crippen LogP contribution is -2.05. The molecule has 4 nitrogen and oxygen atoms in total. The highest BCUT2D eigenvalue weighted by molar-refractivity contribution is 5.89. The van der Waals surface area contributed by atoms with E-state index >= 15 is 0 Å². The first-order valence-corrected chi connectivity index (χ1v) is 6.45. The summed E-state index contributed by atoms with van der Waals surface area (Å²) in [5, 5.41) is 3.95. The molecule has 0 spiro atoms. The van der Waals surface area contributed by atoms with E-state index in [-0.39, 0.29) is 5.82 Å². The summed E-state index contributed by atoms with van der Waals surface area (Å²) in [4.78, 5) is 8.14. The van der Waals surface area contributed by atoms with Gasteiger partial charge in [0.15, 0.2) is 0 Å². The Balaban J connectivity index is 1.95. The van der Waals surface area contributed by atoms with Crippen LogP contribution in [0.5, 0.6) is 0 Å². The quantitative estimate of drug-likeness (QED) is 0.780. The van der Waals surface area contributed by atoms with Gasteiger partial charge in [0.05, 0.1) is 0 Å². The zero-order valence-corrected chi connectivity index (χ0v) is 11.0. The van der Waals surface area contributed by atoms with Gasteiger partial charge in [-0.2, -0.15) is 0 Å². The van der Waals surface area contributed by atoms with Crippen LogP contribution in [-0.4, -0.2) is 30.2 Å². The first-order chi connectivity index (χ1) is 9.33. The number of hydrogen-bond acceptors (Lipinski definition) is 4. The lowest BCUT2D eigenvalue weighted by Gasteiger charge is -2.08. The highest BCUT2D eigenvalue weighted by Crippen LogP contribution is 2.21. The van der Waals surface area contributed by atoms with E-state index in [1.807, 2.05) is 6.07 Å². The number of nitrogens with zero attached hydrogens (tertiary/aromatic N) is 2. The van der Waals surface area contributed by atoms with Crippen molar-refractivity contribution >= 4 is 16.7 Å². The average Bonchev–Trinajstić information content (AvgIpc) is 2.43. The van der Waals surface area contributed by atoms with Crippen LogP contribution in [0.25, 0.3) is 10.9 Å². The molecule has 1 N–H and O–H groups in total. The smallest absolute Gasteiger partial charge is 0.149 e. The van der Waals surface area contributed by atoms with Crippen molar-refractivity contribution < 1.29 is 9.13 Å². The minimum absolute atomic E-state index is 0.317. The number of para-hydroxylation sites is 1. The van der Waals surface area contributed by atoms with E-state index in [2.05, 4.69) is 15.3 Å². The molecule has 0 amide bonds. The second-order valence-electron chi connectivity index (χ2n) is 4.34. The number of ether oxygens (including phenoxy) is 1. The number of rotatable bonds is 7. The van der Waals surface area contributed by atoms with Crippen molar-refractivity contribution in [3.63, 3.8) is 0 Å². The van der Waals surface area contributed by atoms with Crippen molar-refractivity contribution in [2.24, 2.45) is 0 Å². The fourth-order valence-corrected chi connectivity index (χ4v) is 1.95. The molecule has 0 unspecified atom stereocenters. The molecule has 0 atom stereocenters. The predicted molar refractivity (Wildman–Crippen MR) is 73.7 cm³/mol. The molecule has 1 heterocycles. The van der Waals surface area contributed by atoms with Crippen molar-refractivity contribution in [1.29, 1.82) is 0 Å². The highest BCUT2D eigenvalue weighted by Gasteiger charge is 2.06. The molecule has 0 radical (unpaired) electrons.